The monoisotopic (exact) mass is 399 g/mol. The number of nitrogens with zero attached hydrogens (tertiary/aromatic N) is 2. The summed E-state index contributed by atoms with van der Waals surface area (Å²) in [5.41, 5.74) is 1.83. The van der Waals surface area contributed by atoms with E-state index in [0.717, 1.165) is 22.8 Å². The molecule has 4 rings (SSSR count). The Kier molecular flexibility index (Phi) is 6.01. The molecule has 0 saturated carbocycles. The predicted molar refractivity (Wildman–Crippen MR) is 106 cm³/mol. The Hall–Kier alpha value is -2.68. The van der Waals surface area contributed by atoms with E-state index in [4.69, 9.17) is 14.2 Å². The van der Waals surface area contributed by atoms with Crippen LogP contribution in [0.1, 0.15) is 0 Å². The molecule has 0 amide bonds. The Balaban J connectivity index is 1.17. The van der Waals surface area contributed by atoms with Gasteiger partial charge in [-0.3, -0.25) is 0 Å². The zero-order chi connectivity index (χ0) is 19.2. The number of nitrogens with one attached hydrogen (secondary N) is 1. The summed E-state index contributed by atoms with van der Waals surface area (Å²) >= 11 is 1.32. The zero-order valence-corrected chi connectivity index (χ0v) is 16.0. The Morgan fingerprint density at radius 3 is 2.79 bits per heavy atom. The minimum Gasteiger partial charge on any atom is -0.491 e. The third kappa shape index (κ3) is 4.78. The molecule has 2 atom stereocenters. The lowest BCUT2D eigenvalue weighted by Gasteiger charge is -2.27. The highest BCUT2D eigenvalue weighted by Crippen LogP contribution is 2.30. The molecule has 8 heteroatoms. The number of para-hydroxylation sites is 2. The summed E-state index contributed by atoms with van der Waals surface area (Å²) in [6, 6.07) is 15.2. The number of rotatable bonds is 8. The van der Waals surface area contributed by atoms with Gasteiger partial charge in [0.25, 0.3) is 0 Å². The van der Waals surface area contributed by atoms with E-state index in [1.807, 2.05) is 53.9 Å². The number of ether oxygens (including phenoxy) is 3. The van der Waals surface area contributed by atoms with Gasteiger partial charge in [-0.05, 0) is 47.9 Å². The number of benzene rings is 2. The van der Waals surface area contributed by atoms with E-state index >= 15 is 0 Å². The fourth-order valence-electron chi connectivity index (χ4n) is 2.84. The van der Waals surface area contributed by atoms with Gasteiger partial charge in [-0.25, -0.2) is 0 Å². The van der Waals surface area contributed by atoms with Gasteiger partial charge in [-0.2, -0.15) is 0 Å². The molecule has 0 saturated heterocycles. The van der Waals surface area contributed by atoms with Crippen molar-refractivity contribution in [2.24, 2.45) is 0 Å². The quantitative estimate of drug-likeness (QED) is 0.601. The van der Waals surface area contributed by atoms with Gasteiger partial charge in [0.05, 0.1) is 0 Å². The van der Waals surface area contributed by atoms with E-state index in [9.17, 15) is 5.11 Å². The van der Waals surface area contributed by atoms with Crippen LogP contribution < -0.4 is 19.5 Å². The first-order valence-corrected chi connectivity index (χ1v) is 9.89. The molecule has 1 aliphatic rings. The minimum absolute atomic E-state index is 0.0873. The first kappa shape index (κ1) is 18.7. The van der Waals surface area contributed by atoms with Crippen LogP contribution in [0.25, 0.3) is 11.3 Å². The molecule has 2 N–H and O–H groups in total. The number of aromatic nitrogens is 2. The first-order valence-electron chi connectivity index (χ1n) is 9.05. The van der Waals surface area contributed by atoms with Gasteiger partial charge in [0.2, 0.25) is 0 Å². The smallest absolute Gasteiger partial charge is 0.161 e. The highest BCUT2D eigenvalue weighted by Gasteiger charge is 2.20. The fraction of sp³-hybridized carbons (Fsp3) is 0.300. The van der Waals surface area contributed by atoms with Crippen molar-refractivity contribution < 1.29 is 19.3 Å². The van der Waals surface area contributed by atoms with Crippen molar-refractivity contribution in [3.63, 3.8) is 0 Å². The van der Waals surface area contributed by atoms with Crippen molar-refractivity contribution in [2.45, 2.75) is 12.2 Å². The second kappa shape index (κ2) is 9.01. The molecule has 2 aromatic carbocycles. The molecule has 0 fully saturated rings. The normalized spacial score (nSPS) is 16.5. The van der Waals surface area contributed by atoms with Crippen LogP contribution in [0, 0.1) is 0 Å². The van der Waals surface area contributed by atoms with Crippen molar-refractivity contribution >= 4 is 11.5 Å². The van der Waals surface area contributed by atoms with Crippen LogP contribution in [0.15, 0.2) is 53.9 Å². The first-order chi connectivity index (χ1) is 13.8. The topological polar surface area (TPSA) is 85.7 Å². The van der Waals surface area contributed by atoms with E-state index in [-0.39, 0.29) is 12.7 Å². The van der Waals surface area contributed by atoms with Gasteiger partial charge in [-0.15, -0.1) is 5.10 Å². The van der Waals surface area contributed by atoms with Crippen molar-refractivity contribution in [3.05, 3.63) is 53.9 Å². The van der Waals surface area contributed by atoms with E-state index in [0.29, 0.717) is 25.4 Å². The molecule has 28 heavy (non-hydrogen) atoms. The highest BCUT2D eigenvalue weighted by molar-refractivity contribution is 7.03. The van der Waals surface area contributed by atoms with Crippen LogP contribution in [0.3, 0.4) is 0 Å². The molecule has 0 bridgehead atoms. The number of aliphatic hydroxyl groups is 1. The molecule has 7 nitrogen and oxygen atoms in total. The highest BCUT2D eigenvalue weighted by atomic mass is 32.1. The lowest BCUT2D eigenvalue weighted by Crippen LogP contribution is -2.41. The zero-order valence-electron chi connectivity index (χ0n) is 15.2. The molecule has 1 aromatic heterocycles. The summed E-state index contributed by atoms with van der Waals surface area (Å²) in [4.78, 5) is 0. The Morgan fingerprint density at radius 2 is 2.00 bits per heavy atom. The van der Waals surface area contributed by atoms with Crippen LogP contribution in [0.2, 0.25) is 0 Å². The van der Waals surface area contributed by atoms with Gasteiger partial charge >= 0.3 is 0 Å². The summed E-state index contributed by atoms with van der Waals surface area (Å²) < 4.78 is 21.1. The standard InChI is InChI=1S/C20H21N3O4S/c24-15(9-21-10-17-12-26-19-3-1-2-4-20(19)27-17)11-25-16-7-5-14(6-8-16)18-13-28-23-22-18/h1-8,13,15,17,21,24H,9-12H2/t15-,17-/m1/s1. The SMILES string of the molecule is O[C@H](CNC[C@@H]1COc2ccccc2O1)COc1ccc(-c2csnn2)cc1. The van der Waals surface area contributed by atoms with Crippen molar-refractivity contribution in [1.82, 2.24) is 14.9 Å². The lowest BCUT2D eigenvalue weighted by molar-refractivity contribution is 0.0778. The van der Waals surface area contributed by atoms with Gasteiger partial charge < -0.3 is 24.6 Å². The summed E-state index contributed by atoms with van der Waals surface area (Å²) in [5.74, 6) is 2.22. The summed E-state index contributed by atoms with van der Waals surface area (Å²) in [7, 11) is 0. The number of hydrogen-bond donors (Lipinski definition) is 2. The Bertz CT molecular complexity index is 873. The maximum atomic E-state index is 10.1. The molecule has 3 aromatic rings. The van der Waals surface area contributed by atoms with E-state index in [1.165, 1.54) is 11.5 Å². The molecule has 0 unspecified atom stereocenters. The van der Waals surface area contributed by atoms with Crippen molar-refractivity contribution in [3.8, 4) is 28.5 Å². The molecule has 0 radical (unpaired) electrons. The number of hydrogen-bond acceptors (Lipinski definition) is 8. The van der Waals surface area contributed by atoms with Crippen LogP contribution in [-0.4, -0.2) is 53.2 Å². The molecule has 2 heterocycles. The fourth-order valence-corrected chi connectivity index (χ4v) is 3.30. The second-order valence-corrected chi connectivity index (χ2v) is 7.05. The maximum absolute atomic E-state index is 10.1. The predicted octanol–water partition coefficient (Wildman–Crippen LogP) is 2.37. The average molecular weight is 399 g/mol. The summed E-state index contributed by atoms with van der Waals surface area (Å²) in [5, 5.41) is 19.3. The second-order valence-electron chi connectivity index (χ2n) is 6.44. The maximum Gasteiger partial charge on any atom is 0.161 e. The van der Waals surface area contributed by atoms with Crippen LogP contribution in [-0.2, 0) is 0 Å². The van der Waals surface area contributed by atoms with Gasteiger partial charge in [0.1, 0.15) is 36.9 Å². The molecule has 146 valence electrons. The van der Waals surface area contributed by atoms with Crippen LogP contribution >= 0.6 is 11.5 Å². The molecule has 0 aliphatic carbocycles. The van der Waals surface area contributed by atoms with Gasteiger partial charge in [-0.1, -0.05) is 16.6 Å². The molecule has 0 spiro atoms. The Labute approximate surface area is 167 Å². The molecular formula is C20H21N3O4S. The minimum atomic E-state index is -0.626. The Morgan fingerprint density at radius 1 is 1.18 bits per heavy atom. The summed E-state index contributed by atoms with van der Waals surface area (Å²) in [6.45, 7) is 1.68. The van der Waals surface area contributed by atoms with Gasteiger partial charge in [0.15, 0.2) is 11.5 Å². The van der Waals surface area contributed by atoms with Crippen molar-refractivity contribution in [2.75, 3.05) is 26.3 Å². The van der Waals surface area contributed by atoms with Crippen molar-refractivity contribution in [1.29, 1.82) is 0 Å². The third-order valence-corrected chi connectivity index (χ3v) is 4.78. The van der Waals surface area contributed by atoms with E-state index < -0.39 is 6.10 Å². The molecule has 1 aliphatic heterocycles. The largest absolute Gasteiger partial charge is 0.491 e. The van der Waals surface area contributed by atoms with Gasteiger partial charge in [0, 0.05) is 24.0 Å². The third-order valence-electron chi connectivity index (χ3n) is 4.27. The summed E-state index contributed by atoms with van der Waals surface area (Å²) in [6.07, 6.45) is -0.713. The average Bonchev–Trinajstić information content (AvgIpc) is 3.27. The van der Waals surface area contributed by atoms with E-state index in [1.54, 1.807) is 0 Å². The van der Waals surface area contributed by atoms with Crippen LogP contribution in [0.4, 0.5) is 0 Å². The van der Waals surface area contributed by atoms with Crippen LogP contribution in [0.5, 0.6) is 17.2 Å². The number of fused-ring (bicyclic) bond motifs is 1. The molecular weight excluding hydrogens is 378 g/mol. The number of aliphatic hydroxyl groups excluding tert-OH is 1. The van der Waals surface area contributed by atoms with E-state index in [2.05, 4.69) is 14.9 Å². The lowest BCUT2D eigenvalue weighted by atomic mass is 10.2.